The number of anilines is 1. The van der Waals surface area contributed by atoms with Gasteiger partial charge in [-0.15, -0.1) is 0 Å². The standard InChI is InChI=1S/C11H15BrN2O3/c1-6(5-15)7(2)14-10-9(11(16)17)3-8(12)4-13-10/h3-4,6-7,15H,5H2,1-2H3,(H,13,14)(H,16,17). The molecule has 0 bridgehead atoms. The topological polar surface area (TPSA) is 82.5 Å². The Morgan fingerprint density at radius 1 is 1.59 bits per heavy atom. The molecule has 0 aliphatic heterocycles. The maximum Gasteiger partial charge on any atom is 0.339 e. The van der Waals surface area contributed by atoms with Gasteiger partial charge in [-0.25, -0.2) is 9.78 Å². The first-order valence-electron chi connectivity index (χ1n) is 5.22. The maximum atomic E-state index is 11.0. The molecule has 0 aromatic carbocycles. The third-order valence-electron chi connectivity index (χ3n) is 2.59. The first-order chi connectivity index (χ1) is 7.95. The molecule has 1 rings (SSSR count). The fourth-order valence-corrected chi connectivity index (χ4v) is 1.56. The molecule has 2 unspecified atom stereocenters. The smallest absolute Gasteiger partial charge is 0.339 e. The molecule has 1 aromatic rings. The Bertz CT molecular complexity index is 412. The van der Waals surface area contributed by atoms with Crippen LogP contribution >= 0.6 is 15.9 Å². The second kappa shape index (κ2) is 5.97. The van der Waals surface area contributed by atoms with E-state index in [2.05, 4.69) is 26.2 Å². The number of hydrogen-bond acceptors (Lipinski definition) is 4. The summed E-state index contributed by atoms with van der Waals surface area (Å²) in [5.41, 5.74) is 0.108. The monoisotopic (exact) mass is 302 g/mol. The average molecular weight is 303 g/mol. The Hall–Kier alpha value is -1.14. The predicted octanol–water partition coefficient (Wildman–Crippen LogP) is 1.97. The molecule has 0 radical (unpaired) electrons. The van der Waals surface area contributed by atoms with Gasteiger partial charge in [0.1, 0.15) is 11.4 Å². The molecule has 2 atom stereocenters. The summed E-state index contributed by atoms with van der Waals surface area (Å²) < 4.78 is 0.614. The van der Waals surface area contributed by atoms with Crippen LogP contribution in [0.1, 0.15) is 24.2 Å². The number of aliphatic hydroxyl groups is 1. The minimum Gasteiger partial charge on any atom is -0.478 e. The van der Waals surface area contributed by atoms with Crippen molar-refractivity contribution in [1.82, 2.24) is 4.98 Å². The molecule has 94 valence electrons. The summed E-state index contributed by atoms with van der Waals surface area (Å²) in [4.78, 5) is 15.1. The van der Waals surface area contributed by atoms with E-state index in [-0.39, 0.29) is 24.1 Å². The quantitative estimate of drug-likeness (QED) is 0.774. The number of halogens is 1. The highest BCUT2D eigenvalue weighted by Gasteiger charge is 2.17. The van der Waals surface area contributed by atoms with Crippen molar-refractivity contribution in [2.45, 2.75) is 19.9 Å². The highest BCUT2D eigenvalue weighted by atomic mass is 79.9. The molecule has 17 heavy (non-hydrogen) atoms. The summed E-state index contributed by atoms with van der Waals surface area (Å²) in [6.45, 7) is 3.78. The number of carboxylic acid groups (broad SMARTS) is 1. The minimum atomic E-state index is -1.04. The number of carboxylic acids is 1. The van der Waals surface area contributed by atoms with Crippen LogP contribution in [0.4, 0.5) is 5.82 Å². The molecule has 6 heteroatoms. The van der Waals surface area contributed by atoms with E-state index >= 15 is 0 Å². The van der Waals surface area contributed by atoms with E-state index in [1.54, 1.807) is 0 Å². The number of rotatable bonds is 5. The van der Waals surface area contributed by atoms with Crippen LogP contribution in [-0.4, -0.2) is 33.8 Å². The van der Waals surface area contributed by atoms with Crippen LogP contribution in [-0.2, 0) is 0 Å². The summed E-state index contributed by atoms with van der Waals surface area (Å²) in [7, 11) is 0. The molecule has 0 aliphatic rings. The largest absolute Gasteiger partial charge is 0.478 e. The van der Waals surface area contributed by atoms with Gasteiger partial charge in [-0.2, -0.15) is 0 Å². The van der Waals surface area contributed by atoms with Gasteiger partial charge in [0, 0.05) is 23.3 Å². The Kier molecular flexibility index (Phi) is 4.89. The van der Waals surface area contributed by atoms with Crippen molar-refractivity contribution in [3.63, 3.8) is 0 Å². The Morgan fingerprint density at radius 2 is 2.24 bits per heavy atom. The number of aromatic carboxylic acids is 1. The third kappa shape index (κ3) is 3.67. The zero-order chi connectivity index (χ0) is 13.0. The predicted molar refractivity (Wildman–Crippen MR) is 68.2 cm³/mol. The molecule has 0 saturated carbocycles. The van der Waals surface area contributed by atoms with Gasteiger partial charge in [0.05, 0.1) is 0 Å². The maximum absolute atomic E-state index is 11.0. The number of nitrogens with zero attached hydrogens (tertiary/aromatic N) is 1. The number of pyridine rings is 1. The van der Waals surface area contributed by atoms with Crippen LogP contribution < -0.4 is 5.32 Å². The molecule has 0 fully saturated rings. The van der Waals surface area contributed by atoms with Crippen LogP contribution in [0.2, 0.25) is 0 Å². The lowest BCUT2D eigenvalue weighted by atomic mass is 10.1. The van der Waals surface area contributed by atoms with Gasteiger partial charge in [0.25, 0.3) is 0 Å². The van der Waals surface area contributed by atoms with E-state index in [0.717, 1.165) is 0 Å². The summed E-state index contributed by atoms with van der Waals surface area (Å²) in [5, 5.41) is 21.1. The van der Waals surface area contributed by atoms with Gasteiger partial charge < -0.3 is 15.5 Å². The Labute approximate surface area is 108 Å². The van der Waals surface area contributed by atoms with Gasteiger partial charge in [0.2, 0.25) is 0 Å². The van der Waals surface area contributed by atoms with Gasteiger partial charge in [-0.05, 0) is 34.8 Å². The molecule has 0 spiro atoms. The fourth-order valence-electron chi connectivity index (χ4n) is 1.23. The Morgan fingerprint density at radius 3 is 2.76 bits per heavy atom. The summed E-state index contributed by atoms with van der Waals surface area (Å²) >= 11 is 3.18. The minimum absolute atomic E-state index is 0.0158. The van der Waals surface area contributed by atoms with E-state index in [0.29, 0.717) is 10.3 Å². The van der Waals surface area contributed by atoms with E-state index in [1.165, 1.54) is 12.3 Å². The second-order valence-electron chi connectivity index (χ2n) is 3.95. The molecule has 5 nitrogen and oxygen atoms in total. The van der Waals surface area contributed by atoms with E-state index in [9.17, 15) is 4.79 Å². The lowest BCUT2D eigenvalue weighted by Crippen LogP contribution is -2.27. The van der Waals surface area contributed by atoms with E-state index in [1.807, 2.05) is 13.8 Å². The number of carbonyl (C=O) groups is 1. The first kappa shape index (κ1) is 13.9. The summed E-state index contributed by atoms with van der Waals surface area (Å²) in [6, 6.07) is 1.43. The van der Waals surface area contributed by atoms with Crippen molar-refractivity contribution in [2.24, 2.45) is 5.92 Å². The normalized spacial score (nSPS) is 14.1. The van der Waals surface area contributed by atoms with Crippen LogP contribution in [0.5, 0.6) is 0 Å². The number of aromatic nitrogens is 1. The van der Waals surface area contributed by atoms with E-state index < -0.39 is 5.97 Å². The molecule has 0 saturated heterocycles. The van der Waals surface area contributed by atoms with Gasteiger partial charge >= 0.3 is 5.97 Å². The zero-order valence-electron chi connectivity index (χ0n) is 9.64. The van der Waals surface area contributed by atoms with Crippen LogP contribution in [0.15, 0.2) is 16.7 Å². The summed E-state index contributed by atoms with van der Waals surface area (Å²) in [6.07, 6.45) is 1.53. The van der Waals surface area contributed by atoms with Crippen molar-refractivity contribution < 1.29 is 15.0 Å². The second-order valence-corrected chi connectivity index (χ2v) is 4.86. The van der Waals surface area contributed by atoms with Crippen LogP contribution in [0.3, 0.4) is 0 Å². The van der Waals surface area contributed by atoms with Gasteiger partial charge in [-0.1, -0.05) is 6.92 Å². The zero-order valence-corrected chi connectivity index (χ0v) is 11.2. The molecule has 0 aliphatic carbocycles. The van der Waals surface area contributed by atoms with Crippen LogP contribution in [0.25, 0.3) is 0 Å². The SMILES string of the molecule is CC(CO)C(C)Nc1ncc(Br)cc1C(=O)O. The van der Waals surface area contributed by atoms with Crippen molar-refractivity contribution in [3.8, 4) is 0 Å². The number of aliphatic hydroxyl groups excluding tert-OH is 1. The van der Waals surface area contributed by atoms with Crippen molar-refractivity contribution >= 4 is 27.7 Å². The molecular weight excluding hydrogens is 288 g/mol. The average Bonchev–Trinajstić information content (AvgIpc) is 2.29. The Balaban J connectivity index is 2.94. The van der Waals surface area contributed by atoms with Crippen molar-refractivity contribution in [3.05, 3.63) is 22.3 Å². The van der Waals surface area contributed by atoms with Gasteiger partial charge in [-0.3, -0.25) is 0 Å². The molecule has 1 heterocycles. The first-order valence-corrected chi connectivity index (χ1v) is 6.01. The van der Waals surface area contributed by atoms with Crippen molar-refractivity contribution in [2.75, 3.05) is 11.9 Å². The lowest BCUT2D eigenvalue weighted by molar-refractivity contribution is 0.0697. The molecule has 0 amide bonds. The van der Waals surface area contributed by atoms with E-state index in [4.69, 9.17) is 10.2 Å². The van der Waals surface area contributed by atoms with Crippen LogP contribution in [0, 0.1) is 5.92 Å². The van der Waals surface area contributed by atoms with Gasteiger partial charge in [0.15, 0.2) is 0 Å². The third-order valence-corrected chi connectivity index (χ3v) is 3.02. The molecule has 1 aromatic heterocycles. The number of nitrogens with one attached hydrogen (secondary N) is 1. The molecule has 3 N–H and O–H groups in total. The fraction of sp³-hybridized carbons (Fsp3) is 0.455. The number of hydrogen-bond donors (Lipinski definition) is 3. The highest BCUT2D eigenvalue weighted by Crippen LogP contribution is 2.20. The van der Waals surface area contributed by atoms with Crippen molar-refractivity contribution in [1.29, 1.82) is 0 Å². The summed E-state index contributed by atoms with van der Waals surface area (Å²) in [5.74, 6) is -0.708. The highest BCUT2D eigenvalue weighted by molar-refractivity contribution is 9.10. The molecular formula is C11H15BrN2O3. The lowest BCUT2D eigenvalue weighted by Gasteiger charge is -2.20.